The number of carbonyl (C=O) groups is 1. The number of thiazole rings is 1. The van der Waals surface area contributed by atoms with Gasteiger partial charge in [0.05, 0.1) is 10.6 Å². The number of nitrogens with one attached hydrogen (secondary N) is 1. The zero-order valence-electron chi connectivity index (χ0n) is 11.7. The fourth-order valence-electron chi connectivity index (χ4n) is 2.63. The fraction of sp³-hybridized carbons (Fsp3) is 0.467. The number of amides is 1. The molecule has 1 N–H and O–H groups in total. The Morgan fingerprint density at radius 2 is 2.40 bits per heavy atom. The van der Waals surface area contributed by atoms with Gasteiger partial charge in [-0.3, -0.25) is 10.1 Å². The van der Waals surface area contributed by atoms with Crippen LogP contribution in [0.25, 0.3) is 0 Å². The van der Waals surface area contributed by atoms with Crippen molar-refractivity contribution in [1.29, 1.82) is 0 Å². The Kier molecular flexibility index (Phi) is 3.89. The van der Waals surface area contributed by atoms with Crippen molar-refractivity contribution in [2.75, 3.05) is 5.32 Å². The molecule has 1 unspecified atom stereocenters. The van der Waals surface area contributed by atoms with E-state index in [0.717, 1.165) is 29.3 Å². The minimum absolute atomic E-state index is 0.0215. The highest BCUT2D eigenvalue weighted by atomic mass is 32.1. The molecule has 3 nitrogen and oxygen atoms in total. The lowest BCUT2D eigenvalue weighted by Crippen LogP contribution is -2.11. The second-order valence-corrected chi connectivity index (χ2v) is 7.32. The molecule has 5 heteroatoms. The third kappa shape index (κ3) is 2.79. The lowest BCUT2D eigenvalue weighted by molar-refractivity contribution is 0.103. The predicted molar refractivity (Wildman–Crippen MR) is 84.9 cm³/mol. The summed E-state index contributed by atoms with van der Waals surface area (Å²) in [5.74, 6) is 0.765. The largest absolute Gasteiger partial charge is 0.297 e. The molecule has 0 aromatic carbocycles. The molecule has 2 aromatic rings. The van der Waals surface area contributed by atoms with Gasteiger partial charge in [0.25, 0.3) is 5.91 Å². The van der Waals surface area contributed by atoms with E-state index in [1.54, 1.807) is 11.3 Å². The molecule has 0 bridgehead atoms. The molecular formula is C15H18N2OS2. The number of thiophene rings is 1. The van der Waals surface area contributed by atoms with E-state index in [2.05, 4.69) is 23.3 Å². The molecule has 1 aliphatic rings. The monoisotopic (exact) mass is 306 g/mol. The number of fused-ring (bicyclic) bond motifs is 1. The summed E-state index contributed by atoms with van der Waals surface area (Å²) >= 11 is 3.12. The summed E-state index contributed by atoms with van der Waals surface area (Å²) in [7, 11) is 0. The van der Waals surface area contributed by atoms with Crippen molar-refractivity contribution < 1.29 is 4.79 Å². The van der Waals surface area contributed by atoms with Crippen molar-refractivity contribution in [1.82, 2.24) is 4.98 Å². The molecule has 0 saturated heterocycles. The van der Waals surface area contributed by atoms with Crippen molar-refractivity contribution in [3.8, 4) is 0 Å². The van der Waals surface area contributed by atoms with Crippen molar-refractivity contribution in [2.45, 2.75) is 39.5 Å². The Morgan fingerprint density at radius 1 is 1.55 bits per heavy atom. The summed E-state index contributed by atoms with van der Waals surface area (Å²) in [6.07, 6.45) is 4.75. The number of aromatic nitrogens is 1. The summed E-state index contributed by atoms with van der Waals surface area (Å²) in [5.41, 5.74) is 2.33. The second-order valence-electron chi connectivity index (χ2n) is 5.32. The maximum atomic E-state index is 12.3. The van der Waals surface area contributed by atoms with Crippen LogP contribution in [0.3, 0.4) is 0 Å². The molecule has 1 amide bonds. The molecule has 0 radical (unpaired) electrons. The van der Waals surface area contributed by atoms with Crippen LogP contribution in [-0.4, -0.2) is 10.9 Å². The zero-order valence-corrected chi connectivity index (χ0v) is 13.4. The molecule has 0 saturated carbocycles. The van der Waals surface area contributed by atoms with Crippen LogP contribution in [0.1, 0.15) is 45.6 Å². The molecule has 0 aliphatic heterocycles. The molecule has 2 aromatic heterocycles. The van der Waals surface area contributed by atoms with Crippen LogP contribution in [0.15, 0.2) is 11.4 Å². The van der Waals surface area contributed by atoms with Gasteiger partial charge in [-0.15, -0.1) is 22.7 Å². The maximum absolute atomic E-state index is 12.3. The van der Waals surface area contributed by atoms with E-state index in [4.69, 9.17) is 0 Å². The van der Waals surface area contributed by atoms with Gasteiger partial charge in [0.1, 0.15) is 0 Å². The average molecular weight is 306 g/mol. The maximum Gasteiger partial charge on any atom is 0.267 e. The third-order valence-electron chi connectivity index (χ3n) is 3.83. The first kappa shape index (κ1) is 13.8. The molecule has 3 rings (SSSR count). The van der Waals surface area contributed by atoms with Gasteiger partial charge < -0.3 is 0 Å². The molecule has 1 atom stereocenters. The number of anilines is 1. The van der Waals surface area contributed by atoms with Gasteiger partial charge >= 0.3 is 0 Å². The Labute approximate surface area is 127 Å². The summed E-state index contributed by atoms with van der Waals surface area (Å²) in [6, 6.07) is 2.08. The van der Waals surface area contributed by atoms with E-state index < -0.39 is 0 Å². The number of rotatable bonds is 3. The smallest absolute Gasteiger partial charge is 0.267 e. The van der Waals surface area contributed by atoms with Gasteiger partial charge in [-0.2, -0.15) is 0 Å². The molecule has 106 valence electrons. The second kappa shape index (κ2) is 5.66. The number of carbonyl (C=O) groups excluding carboxylic acids is 1. The van der Waals surface area contributed by atoms with Gasteiger partial charge in [0.2, 0.25) is 0 Å². The Balaban J connectivity index is 1.74. The standard InChI is InChI=1S/C15H18N2OS2/c1-3-10-4-5-12-11(6-10)7-13(20-12)14(18)17-15-16-9(2)8-19-15/h7-8,10H,3-6H2,1-2H3,(H,16,17,18). The van der Waals surface area contributed by atoms with E-state index in [0.29, 0.717) is 5.13 Å². The first-order valence-electron chi connectivity index (χ1n) is 7.00. The van der Waals surface area contributed by atoms with Gasteiger partial charge in [-0.05, 0) is 43.7 Å². The van der Waals surface area contributed by atoms with Gasteiger partial charge in [0.15, 0.2) is 5.13 Å². The SMILES string of the molecule is CCC1CCc2sc(C(=O)Nc3nc(C)cs3)cc2C1. The molecule has 2 heterocycles. The minimum atomic E-state index is -0.0215. The number of aryl methyl sites for hydroxylation is 2. The molecule has 20 heavy (non-hydrogen) atoms. The van der Waals surface area contributed by atoms with E-state index in [1.807, 2.05) is 12.3 Å². The number of hydrogen-bond acceptors (Lipinski definition) is 4. The van der Waals surface area contributed by atoms with Crippen LogP contribution in [0.5, 0.6) is 0 Å². The molecule has 0 fully saturated rings. The molecule has 1 aliphatic carbocycles. The van der Waals surface area contributed by atoms with Crippen molar-refractivity contribution in [3.63, 3.8) is 0 Å². The third-order valence-corrected chi connectivity index (χ3v) is 5.94. The van der Waals surface area contributed by atoms with Gasteiger partial charge in [-0.1, -0.05) is 13.3 Å². The van der Waals surface area contributed by atoms with Gasteiger partial charge in [0, 0.05) is 10.3 Å². The Bertz CT molecular complexity index is 630. The lowest BCUT2D eigenvalue weighted by Gasteiger charge is -2.19. The zero-order chi connectivity index (χ0) is 14.1. The summed E-state index contributed by atoms with van der Waals surface area (Å²) in [4.78, 5) is 18.8. The summed E-state index contributed by atoms with van der Waals surface area (Å²) < 4.78 is 0. The van der Waals surface area contributed by atoms with Gasteiger partial charge in [-0.25, -0.2) is 4.98 Å². The van der Waals surface area contributed by atoms with Crippen LogP contribution >= 0.6 is 22.7 Å². The summed E-state index contributed by atoms with van der Waals surface area (Å²) in [6.45, 7) is 4.18. The van der Waals surface area contributed by atoms with Crippen LogP contribution in [-0.2, 0) is 12.8 Å². The number of nitrogens with zero attached hydrogens (tertiary/aromatic N) is 1. The first-order valence-corrected chi connectivity index (χ1v) is 8.70. The lowest BCUT2D eigenvalue weighted by atomic mass is 9.87. The van der Waals surface area contributed by atoms with Crippen LogP contribution < -0.4 is 5.32 Å². The number of hydrogen-bond donors (Lipinski definition) is 1. The van der Waals surface area contributed by atoms with Crippen molar-refractivity contribution in [2.24, 2.45) is 5.92 Å². The van der Waals surface area contributed by atoms with Crippen molar-refractivity contribution in [3.05, 3.63) is 32.5 Å². The Hall–Kier alpha value is -1.20. The van der Waals surface area contributed by atoms with E-state index in [9.17, 15) is 4.79 Å². The highest BCUT2D eigenvalue weighted by molar-refractivity contribution is 7.15. The topological polar surface area (TPSA) is 42.0 Å². The Morgan fingerprint density at radius 3 is 3.10 bits per heavy atom. The minimum Gasteiger partial charge on any atom is -0.297 e. The predicted octanol–water partition coefficient (Wildman–Crippen LogP) is 4.28. The summed E-state index contributed by atoms with van der Waals surface area (Å²) in [5, 5.41) is 5.52. The van der Waals surface area contributed by atoms with E-state index in [-0.39, 0.29) is 5.91 Å². The average Bonchev–Trinajstić information content (AvgIpc) is 3.03. The fourth-order valence-corrected chi connectivity index (χ4v) is 4.42. The van der Waals surface area contributed by atoms with Crippen molar-refractivity contribution >= 4 is 33.7 Å². The van der Waals surface area contributed by atoms with E-state index in [1.165, 1.54) is 34.6 Å². The van der Waals surface area contributed by atoms with E-state index >= 15 is 0 Å². The normalized spacial score (nSPS) is 17.8. The first-order chi connectivity index (χ1) is 9.65. The molecular weight excluding hydrogens is 288 g/mol. The van der Waals surface area contributed by atoms with Crippen LogP contribution in [0.2, 0.25) is 0 Å². The highest BCUT2D eigenvalue weighted by Crippen LogP contribution is 2.33. The highest BCUT2D eigenvalue weighted by Gasteiger charge is 2.22. The molecule has 0 spiro atoms. The van der Waals surface area contributed by atoms with Crippen LogP contribution in [0, 0.1) is 12.8 Å². The van der Waals surface area contributed by atoms with Crippen LogP contribution in [0.4, 0.5) is 5.13 Å². The quantitative estimate of drug-likeness (QED) is 0.919.